The molecular formula is C20H31IN6O. The van der Waals surface area contributed by atoms with Gasteiger partial charge in [0.25, 0.3) is 0 Å². The predicted octanol–water partition coefficient (Wildman–Crippen LogP) is 3.34. The summed E-state index contributed by atoms with van der Waals surface area (Å²) in [6, 6.07) is 4.39. The standard InChI is InChI=1S/C20H30N6O.HI/c1-4-12-27-19-17(6-5-8-23-19)13-24-20(21-3)25-10-7-16(2)18(14-25)26-11-9-22-15-26;/h5-6,8-9,11,15-16,18H,4,7,10,12-14H2,1-3H3,(H,21,24);1H. The van der Waals surface area contributed by atoms with Crippen molar-refractivity contribution in [3.05, 3.63) is 42.6 Å². The molecule has 0 aliphatic carbocycles. The molecule has 2 unspecified atom stereocenters. The number of nitrogens with one attached hydrogen (secondary N) is 1. The number of piperidine rings is 1. The molecule has 154 valence electrons. The van der Waals surface area contributed by atoms with Crippen molar-refractivity contribution in [1.82, 2.24) is 24.8 Å². The molecule has 1 fully saturated rings. The number of ether oxygens (including phenoxy) is 1. The van der Waals surface area contributed by atoms with Gasteiger partial charge in [0.05, 0.1) is 19.0 Å². The molecule has 0 aromatic carbocycles. The normalized spacial score (nSPS) is 19.8. The minimum atomic E-state index is 0. The van der Waals surface area contributed by atoms with Gasteiger partial charge in [-0.25, -0.2) is 9.97 Å². The number of hydrogen-bond donors (Lipinski definition) is 1. The Bertz CT molecular complexity index is 736. The monoisotopic (exact) mass is 498 g/mol. The number of halogens is 1. The highest BCUT2D eigenvalue weighted by atomic mass is 127. The number of likely N-dealkylation sites (tertiary alicyclic amines) is 1. The second-order valence-electron chi connectivity index (χ2n) is 7.01. The van der Waals surface area contributed by atoms with E-state index in [0.717, 1.165) is 37.5 Å². The van der Waals surface area contributed by atoms with E-state index >= 15 is 0 Å². The van der Waals surface area contributed by atoms with Crippen LogP contribution in [0.4, 0.5) is 0 Å². The van der Waals surface area contributed by atoms with E-state index in [2.05, 4.69) is 43.6 Å². The molecular weight excluding hydrogens is 467 g/mol. The zero-order chi connectivity index (χ0) is 19.1. The largest absolute Gasteiger partial charge is 0.477 e. The minimum absolute atomic E-state index is 0. The maximum absolute atomic E-state index is 5.76. The second kappa shape index (κ2) is 11.2. The number of hydrogen-bond acceptors (Lipinski definition) is 4. The lowest BCUT2D eigenvalue weighted by Gasteiger charge is -2.39. The third-order valence-corrected chi connectivity index (χ3v) is 5.07. The fraction of sp³-hybridized carbons (Fsp3) is 0.550. The average Bonchev–Trinajstić information content (AvgIpc) is 3.23. The lowest BCUT2D eigenvalue weighted by molar-refractivity contribution is 0.189. The van der Waals surface area contributed by atoms with Gasteiger partial charge in [0.2, 0.25) is 5.88 Å². The fourth-order valence-corrected chi connectivity index (χ4v) is 3.49. The van der Waals surface area contributed by atoms with Gasteiger partial charge >= 0.3 is 0 Å². The molecule has 0 spiro atoms. The van der Waals surface area contributed by atoms with E-state index in [9.17, 15) is 0 Å². The van der Waals surface area contributed by atoms with Gasteiger partial charge < -0.3 is 19.5 Å². The number of aromatic nitrogens is 3. The van der Waals surface area contributed by atoms with E-state index in [4.69, 9.17) is 4.74 Å². The summed E-state index contributed by atoms with van der Waals surface area (Å²) in [6.45, 7) is 7.64. The molecule has 1 aliphatic heterocycles. The first kappa shape index (κ1) is 22.4. The topological polar surface area (TPSA) is 67.6 Å². The Morgan fingerprint density at radius 1 is 1.39 bits per heavy atom. The van der Waals surface area contributed by atoms with Crippen LogP contribution in [0, 0.1) is 5.92 Å². The van der Waals surface area contributed by atoms with Gasteiger partial charge in [-0.2, -0.15) is 0 Å². The van der Waals surface area contributed by atoms with Gasteiger partial charge in [0.15, 0.2) is 5.96 Å². The summed E-state index contributed by atoms with van der Waals surface area (Å²) in [5.74, 6) is 2.23. The van der Waals surface area contributed by atoms with Crippen LogP contribution in [0.5, 0.6) is 5.88 Å². The van der Waals surface area contributed by atoms with Crippen molar-refractivity contribution >= 4 is 29.9 Å². The number of nitrogens with zero attached hydrogens (tertiary/aromatic N) is 5. The summed E-state index contributed by atoms with van der Waals surface area (Å²) in [5, 5.41) is 3.48. The Hall–Kier alpha value is -1.84. The number of rotatable bonds is 6. The molecule has 8 heteroatoms. The van der Waals surface area contributed by atoms with Crippen LogP contribution in [-0.2, 0) is 6.54 Å². The Labute approximate surface area is 184 Å². The smallest absolute Gasteiger partial charge is 0.218 e. The van der Waals surface area contributed by atoms with Crippen LogP contribution in [0.1, 0.15) is 38.3 Å². The first-order valence-corrected chi connectivity index (χ1v) is 9.72. The number of aliphatic imine (C=N–C) groups is 1. The van der Waals surface area contributed by atoms with Crippen molar-refractivity contribution in [2.45, 2.75) is 39.3 Å². The molecule has 2 aromatic rings. The highest BCUT2D eigenvalue weighted by molar-refractivity contribution is 14.0. The zero-order valence-corrected chi connectivity index (χ0v) is 19.2. The maximum Gasteiger partial charge on any atom is 0.218 e. The third kappa shape index (κ3) is 5.59. The second-order valence-corrected chi connectivity index (χ2v) is 7.01. The summed E-state index contributed by atoms with van der Waals surface area (Å²) in [7, 11) is 1.84. The van der Waals surface area contributed by atoms with E-state index < -0.39 is 0 Å². The molecule has 2 atom stereocenters. The molecule has 1 aliphatic rings. The Morgan fingerprint density at radius 3 is 2.96 bits per heavy atom. The van der Waals surface area contributed by atoms with Gasteiger partial charge in [-0.15, -0.1) is 24.0 Å². The van der Waals surface area contributed by atoms with Gasteiger partial charge in [-0.3, -0.25) is 4.99 Å². The molecule has 3 rings (SSSR count). The Morgan fingerprint density at radius 2 is 2.25 bits per heavy atom. The quantitative estimate of drug-likeness (QED) is 0.376. The summed E-state index contributed by atoms with van der Waals surface area (Å²) in [5.41, 5.74) is 1.05. The SMILES string of the molecule is CCCOc1ncccc1CNC(=NC)N1CCC(C)C(n2ccnc2)C1.I. The molecule has 1 saturated heterocycles. The third-order valence-electron chi connectivity index (χ3n) is 5.07. The van der Waals surface area contributed by atoms with Crippen molar-refractivity contribution in [2.75, 3.05) is 26.7 Å². The lowest BCUT2D eigenvalue weighted by atomic mass is 9.93. The predicted molar refractivity (Wildman–Crippen MR) is 122 cm³/mol. The van der Waals surface area contributed by atoms with Crippen LogP contribution >= 0.6 is 24.0 Å². The van der Waals surface area contributed by atoms with Gasteiger partial charge in [0.1, 0.15) is 0 Å². The van der Waals surface area contributed by atoms with Crippen molar-refractivity contribution < 1.29 is 4.74 Å². The van der Waals surface area contributed by atoms with Crippen LogP contribution < -0.4 is 10.1 Å². The molecule has 28 heavy (non-hydrogen) atoms. The summed E-state index contributed by atoms with van der Waals surface area (Å²) in [4.78, 5) is 15.4. The molecule has 0 bridgehead atoms. The summed E-state index contributed by atoms with van der Waals surface area (Å²) >= 11 is 0. The average molecular weight is 498 g/mol. The van der Waals surface area contributed by atoms with Gasteiger partial charge in [-0.1, -0.05) is 19.9 Å². The Kier molecular flexibility index (Phi) is 9.01. The van der Waals surface area contributed by atoms with Crippen LogP contribution in [-0.4, -0.2) is 52.1 Å². The summed E-state index contributed by atoms with van der Waals surface area (Å²) < 4.78 is 7.97. The number of imidazole rings is 1. The maximum atomic E-state index is 5.76. The number of guanidine groups is 1. The van der Waals surface area contributed by atoms with Crippen LogP contribution in [0.2, 0.25) is 0 Å². The van der Waals surface area contributed by atoms with E-state index in [1.807, 2.05) is 37.9 Å². The van der Waals surface area contributed by atoms with Crippen molar-refractivity contribution in [1.29, 1.82) is 0 Å². The van der Waals surface area contributed by atoms with Crippen molar-refractivity contribution in [2.24, 2.45) is 10.9 Å². The van der Waals surface area contributed by atoms with E-state index in [0.29, 0.717) is 31.0 Å². The molecule has 2 aromatic heterocycles. The molecule has 0 radical (unpaired) electrons. The molecule has 7 nitrogen and oxygen atoms in total. The van der Waals surface area contributed by atoms with E-state index in [1.54, 1.807) is 6.20 Å². The minimum Gasteiger partial charge on any atom is -0.477 e. The van der Waals surface area contributed by atoms with Crippen molar-refractivity contribution in [3.63, 3.8) is 0 Å². The van der Waals surface area contributed by atoms with Gasteiger partial charge in [-0.05, 0) is 24.8 Å². The highest BCUT2D eigenvalue weighted by Gasteiger charge is 2.28. The summed E-state index contributed by atoms with van der Waals surface area (Å²) in [6.07, 6.45) is 9.67. The van der Waals surface area contributed by atoms with Crippen molar-refractivity contribution in [3.8, 4) is 5.88 Å². The fourth-order valence-electron chi connectivity index (χ4n) is 3.49. The Balaban J connectivity index is 0.00000280. The molecule has 0 saturated carbocycles. The lowest BCUT2D eigenvalue weighted by Crippen LogP contribution is -2.48. The molecule has 1 N–H and O–H groups in total. The first-order valence-electron chi connectivity index (χ1n) is 9.72. The van der Waals surface area contributed by atoms with Crippen LogP contribution in [0.3, 0.4) is 0 Å². The van der Waals surface area contributed by atoms with E-state index in [1.165, 1.54) is 0 Å². The molecule has 0 amide bonds. The highest BCUT2D eigenvalue weighted by Crippen LogP contribution is 2.27. The zero-order valence-electron chi connectivity index (χ0n) is 16.9. The van der Waals surface area contributed by atoms with E-state index in [-0.39, 0.29) is 24.0 Å². The van der Waals surface area contributed by atoms with Crippen LogP contribution in [0.15, 0.2) is 42.0 Å². The number of pyridine rings is 1. The first-order chi connectivity index (χ1) is 13.2. The van der Waals surface area contributed by atoms with Crippen LogP contribution in [0.25, 0.3) is 0 Å². The molecule has 3 heterocycles. The van der Waals surface area contributed by atoms with Gasteiger partial charge in [0, 0.05) is 50.8 Å².